The second-order valence-electron chi connectivity index (χ2n) is 4.41. The van der Waals surface area contributed by atoms with E-state index in [1.165, 1.54) is 0 Å². The summed E-state index contributed by atoms with van der Waals surface area (Å²) in [6.07, 6.45) is 0.955. The molecule has 1 aliphatic rings. The number of nitrogens with zero attached hydrogens (tertiary/aromatic N) is 4. The topological polar surface area (TPSA) is 55.1 Å². The Balaban J connectivity index is 2.04. The number of nitrogens with one attached hydrogen (secondary N) is 1. The Bertz CT molecular complexity index is 406. The van der Waals surface area contributed by atoms with E-state index in [9.17, 15) is 4.79 Å². The zero-order chi connectivity index (χ0) is 11.5. The Labute approximate surface area is 94.9 Å². The molecule has 0 aliphatic carbocycles. The number of fused-ring (bicyclic) bond motifs is 1. The molecule has 0 saturated heterocycles. The predicted molar refractivity (Wildman–Crippen MR) is 61.4 cm³/mol. The fourth-order valence-corrected chi connectivity index (χ4v) is 1.91. The predicted octanol–water partition coefficient (Wildman–Crippen LogP) is -0.900. The van der Waals surface area contributed by atoms with E-state index < -0.39 is 0 Å². The highest BCUT2D eigenvalue weighted by atomic mass is 16.2. The van der Waals surface area contributed by atoms with Gasteiger partial charge in [0.05, 0.1) is 6.54 Å². The second-order valence-corrected chi connectivity index (χ2v) is 4.41. The molecule has 1 aromatic rings. The van der Waals surface area contributed by atoms with Gasteiger partial charge in [-0.15, -0.1) is 0 Å². The van der Waals surface area contributed by atoms with Gasteiger partial charge in [0.1, 0.15) is 5.82 Å². The molecule has 2 heterocycles. The van der Waals surface area contributed by atoms with Crippen LogP contribution in [0, 0.1) is 0 Å². The third-order valence-electron chi connectivity index (χ3n) is 2.77. The third kappa shape index (κ3) is 2.33. The number of aryl methyl sites for hydroxylation is 1. The van der Waals surface area contributed by atoms with Gasteiger partial charge >= 0.3 is 5.69 Å². The Hall–Kier alpha value is -1.14. The van der Waals surface area contributed by atoms with Gasteiger partial charge in [0.2, 0.25) is 0 Å². The lowest BCUT2D eigenvalue weighted by Gasteiger charge is -2.11. The maximum Gasteiger partial charge on any atom is 0.345 e. The van der Waals surface area contributed by atoms with Crippen molar-refractivity contribution in [3.8, 4) is 0 Å². The van der Waals surface area contributed by atoms with Gasteiger partial charge < -0.3 is 10.2 Å². The van der Waals surface area contributed by atoms with Crippen LogP contribution < -0.4 is 11.0 Å². The molecule has 90 valence electrons. The first kappa shape index (κ1) is 11.3. The van der Waals surface area contributed by atoms with Crippen molar-refractivity contribution in [3.05, 3.63) is 16.3 Å². The van der Waals surface area contributed by atoms with Crippen LogP contribution in [-0.2, 0) is 19.6 Å². The minimum absolute atomic E-state index is 0.0373. The maximum atomic E-state index is 11.9. The van der Waals surface area contributed by atoms with E-state index in [2.05, 4.69) is 15.3 Å². The molecule has 0 aromatic carbocycles. The first-order valence-corrected chi connectivity index (χ1v) is 5.70. The molecule has 6 heteroatoms. The normalized spacial score (nSPS) is 15.4. The number of hydrogen-bond donors (Lipinski definition) is 1. The van der Waals surface area contributed by atoms with Crippen LogP contribution in [0.1, 0.15) is 12.2 Å². The molecule has 0 saturated carbocycles. The summed E-state index contributed by atoms with van der Waals surface area (Å²) in [6.45, 7) is 3.98. The van der Waals surface area contributed by atoms with Crippen LogP contribution in [0.4, 0.5) is 0 Å². The summed E-state index contributed by atoms with van der Waals surface area (Å²) in [5.74, 6) is 0.862. The van der Waals surface area contributed by atoms with Gasteiger partial charge in [0.15, 0.2) is 0 Å². The van der Waals surface area contributed by atoms with E-state index in [0.29, 0.717) is 13.1 Å². The van der Waals surface area contributed by atoms with Gasteiger partial charge in [-0.3, -0.25) is 4.57 Å². The first-order valence-electron chi connectivity index (χ1n) is 5.70. The van der Waals surface area contributed by atoms with Crippen molar-refractivity contribution < 1.29 is 0 Å². The van der Waals surface area contributed by atoms with E-state index in [4.69, 9.17) is 0 Å². The van der Waals surface area contributed by atoms with Gasteiger partial charge in [-0.25, -0.2) is 9.48 Å². The Morgan fingerprint density at radius 2 is 2.31 bits per heavy atom. The van der Waals surface area contributed by atoms with Crippen molar-refractivity contribution in [2.24, 2.45) is 0 Å². The highest BCUT2D eigenvalue weighted by Crippen LogP contribution is 1.98. The lowest BCUT2D eigenvalue weighted by molar-refractivity contribution is 0.377. The van der Waals surface area contributed by atoms with Crippen LogP contribution in [0.25, 0.3) is 0 Å². The quantitative estimate of drug-likeness (QED) is 0.721. The summed E-state index contributed by atoms with van der Waals surface area (Å²) in [5.41, 5.74) is 0.0373. The molecule has 0 amide bonds. The molecule has 0 radical (unpaired) electrons. The van der Waals surface area contributed by atoms with E-state index in [-0.39, 0.29) is 5.69 Å². The molecule has 1 aliphatic heterocycles. The van der Waals surface area contributed by atoms with E-state index >= 15 is 0 Å². The highest BCUT2D eigenvalue weighted by molar-refractivity contribution is 4.90. The van der Waals surface area contributed by atoms with Crippen LogP contribution in [0.3, 0.4) is 0 Å². The molecule has 0 atom stereocenters. The molecule has 0 spiro atoms. The molecule has 6 nitrogen and oxygen atoms in total. The maximum absolute atomic E-state index is 11.9. The fraction of sp³-hybridized carbons (Fsp3) is 0.800. The van der Waals surface area contributed by atoms with Crippen molar-refractivity contribution >= 4 is 0 Å². The van der Waals surface area contributed by atoms with E-state index in [0.717, 1.165) is 31.9 Å². The average Bonchev–Trinajstić information content (AvgIpc) is 2.56. The number of aromatic nitrogens is 3. The summed E-state index contributed by atoms with van der Waals surface area (Å²) < 4.78 is 3.36. The van der Waals surface area contributed by atoms with Crippen LogP contribution >= 0.6 is 0 Å². The lowest BCUT2D eigenvalue weighted by Crippen LogP contribution is -2.34. The van der Waals surface area contributed by atoms with Crippen LogP contribution in [0.5, 0.6) is 0 Å². The molecule has 0 bridgehead atoms. The van der Waals surface area contributed by atoms with Crippen molar-refractivity contribution in [2.45, 2.75) is 26.1 Å². The Morgan fingerprint density at radius 3 is 3.00 bits per heavy atom. The van der Waals surface area contributed by atoms with Crippen LogP contribution in [-0.4, -0.2) is 46.4 Å². The summed E-state index contributed by atoms with van der Waals surface area (Å²) in [4.78, 5) is 14.0. The second kappa shape index (κ2) is 4.80. The number of rotatable bonds is 4. The average molecular weight is 225 g/mol. The first-order chi connectivity index (χ1) is 7.68. The van der Waals surface area contributed by atoms with Crippen molar-refractivity contribution in [3.63, 3.8) is 0 Å². The third-order valence-corrected chi connectivity index (χ3v) is 2.77. The van der Waals surface area contributed by atoms with Crippen LogP contribution in [0.15, 0.2) is 4.79 Å². The zero-order valence-corrected chi connectivity index (χ0v) is 9.94. The van der Waals surface area contributed by atoms with Gasteiger partial charge in [0, 0.05) is 19.6 Å². The molecule has 0 fully saturated rings. The van der Waals surface area contributed by atoms with Gasteiger partial charge in [0.25, 0.3) is 0 Å². The zero-order valence-electron chi connectivity index (χ0n) is 9.94. The molecular weight excluding hydrogens is 206 g/mol. The highest BCUT2D eigenvalue weighted by Gasteiger charge is 2.15. The molecule has 2 rings (SSSR count). The molecule has 1 aromatic heterocycles. The Morgan fingerprint density at radius 1 is 1.50 bits per heavy atom. The number of hydrogen-bond acceptors (Lipinski definition) is 4. The smallest absolute Gasteiger partial charge is 0.309 e. The minimum Gasteiger partial charge on any atom is -0.309 e. The van der Waals surface area contributed by atoms with Crippen molar-refractivity contribution in [1.29, 1.82) is 0 Å². The summed E-state index contributed by atoms with van der Waals surface area (Å²) in [5, 5.41) is 7.55. The molecular formula is C10H19N5O. The lowest BCUT2D eigenvalue weighted by atomic mass is 10.4. The van der Waals surface area contributed by atoms with Gasteiger partial charge in [-0.05, 0) is 27.1 Å². The molecule has 1 N–H and O–H groups in total. The van der Waals surface area contributed by atoms with Crippen LogP contribution in [0.2, 0.25) is 0 Å². The largest absolute Gasteiger partial charge is 0.345 e. The van der Waals surface area contributed by atoms with Crippen molar-refractivity contribution in [1.82, 2.24) is 24.6 Å². The van der Waals surface area contributed by atoms with Crippen molar-refractivity contribution in [2.75, 3.05) is 27.2 Å². The fourth-order valence-electron chi connectivity index (χ4n) is 1.91. The summed E-state index contributed by atoms with van der Waals surface area (Å²) in [7, 11) is 4.07. The molecule has 16 heavy (non-hydrogen) atoms. The Kier molecular flexibility index (Phi) is 3.40. The SMILES string of the molecule is CN(C)CCCn1nc2n(c1=O)CCNC2. The van der Waals surface area contributed by atoms with Gasteiger partial charge in [-0.1, -0.05) is 0 Å². The standard InChI is InChI=1S/C10H19N5O/c1-13(2)5-3-6-15-10(16)14-7-4-11-8-9(14)12-15/h11H,3-8H2,1-2H3. The van der Waals surface area contributed by atoms with Gasteiger partial charge in [-0.2, -0.15) is 5.10 Å². The summed E-state index contributed by atoms with van der Waals surface area (Å²) in [6, 6.07) is 0. The minimum atomic E-state index is 0.0373. The summed E-state index contributed by atoms with van der Waals surface area (Å²) >= 11 is 0. The molecule has 0 unspecified atom stereocenters. The monoisotopic (exact) mass is 225 g/mol. The van der Waals surface area contributed by atoms with E-state index in [1.54, 1.807) is 9.25 Å². The van der Waals surface area contributed by atoms with E-state index in [1.807, 2.05) is 14.1 Å².